The standard InChI is InChI=1S/C18H17N3O3S/c22-15(20-18-19-13-7-3-4-8-14(13)25-18)9-10-21-16(23)11-5-1-2-6-12(11)17(21)24/h1-4,7-8,11-12H,5-6,9-10H2,(H,19,20,22). The topological polar surface area (TPSA) is 79.4 Å². The molecule has 0 spiro atoms. The summed E-state index contributed by atoms with van der Waals surface area (Å²) in [4.78, 5) is 42.5. The molecular weight excluding hydrogens is 338 g/mol. The molecule has 0 saturated carbocycles. The largest absolute Gasteiger partial charge is 0.302 e. The number of anilines is 1. The van der Waals surface area contributed by atoms with Gasteiger partial charge < -0.3 is 5.32 Å². The van der Waals surface area contributed by atoms with E-state index in [-0.39, 0.29) is 42.5 Å². The van der Waals surface area contributed by atoms with Crippen LogP contribution in [0.4, 0.5) is 5.13 Å². The molecule has 4 rings (SSSR count). The number of thiazole rings is 1. The highest BCUT2D eigenvalue weighted by Gasteiger charge is 2.46. The van der Waals surface area contributed by atoms with Gasteiger partial charge in [0.05, 0.1) is 22.1 Å². The van der Waals surface area contributed by atoms with Crippen LogP contribution in [0.15, 0.2) is 36.4 Å². The average molecular weight is 355 g/mol. The van der Waals surface area contributed by atoms with Crippen LogP contribution in [0.25, 0.3) is 10.2 Å². The number of benzene rings is 1. The number of aromatic nitrogens is 1. The summed E-state index contributed by atoms with van der Waals surface area (Å²) >= 11 is 1.40. The number of likely N-dealkylation sites (tertiary alicyclic amines) is 1. The van der Waals surface area contributed by atoms with E-state index in [1.807, 2.05) is 36.4 Å². The predicted molar refractivity (Wildman–Crippen MR) is 94.9 cm³/mol. The highest BCUT2D eigenvalue weighted by molar-refractivity contribution is 7.22. The Morgan fingerprint density at radius 3 is 2.52 bits per heavy atom. The van der Waals surface area contributed by atoms with Crippen molar-refractivity contribution in [2.24, 2.45) is 11.8 Å². The summed E-state index contributed by atoms with van der Waals surface area (Å²) in [6.07, 6.45) is 5.22. The Kier molecular flexibility index (Phi) is 4.09. The molecule has 1 saturated heterocycles. The summed E-state index contributed by atoms with van der Waals surface area (Å²) in [7, 11) is 0. The monoisotopic (exact) mass is 355 g/mol. The molecule has 2 atom stereocenters. The Morgan fingerprint density at radius 1 is 1.16 bits per heavy atom. The van der Waals surface area contributed by atoms with Gasteiger partial charge in [0.25, 0.3) is 0 Å². The summed E-state index contributed by atoms with van der Waals surface area (Å²) in [6.45, 7) is 0.126. The summed E-state index contributed by atoms with van der Waals surface area (Å²) in [5.41, 5.74) is 0.837. The van der Waals surface area contributed by atoms with Gasteiger partial charge in [-0.2, -0.15) is 0 Å². The van der Waals surface area contributed by atoms with Crippen LogP contribution >= 0.6 is 11.3 Å². The van der Waals surface area contributed by atoms with E-state index in [4.69, 9.17) is 0 Å². The Balaban J connectivity index is 1.37. The van der Waals surface area contributed by atoms with Crippen molar-refractivity contribution < 1.29 is 14.4 Å². The van der Waals surface area contributed by atoms with Gasteiger partial charge in [0.2, 0.25) is 17.7 Å². The second-order valence-corrected chi connectivity index (χ2v) is 7.30. The van der Waals surface area contributed by atoms with Crippen molar-refractivity contribution in [1.29, 1.82) is 0 Å². The normalized spacial score (nSPS) is 22.5. The number of nitrogens with one attached hydrogen (secondary N) is 1. The van der Waals surface area contributed by atoms with Crippen molar-refractivity contribution in [2.45, 2.75) is 19.3 Å². The van der Waals surface area contributed by atoms with Crippen LogP contribution in [-0.2, 0) is 14.4 Å². The van der Waals surface area contributed by atoms with Crippen molar-refractivity contribution in [2.75, 3.05) is 11.9 Å². The molecule has 1 aliphatic carbocycles. The van der Waals surface area contributed by atoms with Crippen LogP contribution in [0.3, 0.4) is 0 Å². The number of para-hydroxylation sites is 1. The van der Waals surface area contributed by atoms with E-state index < -0.39 is 0 Å². The minimum Gasteiger partial charge on any atom is -0.302 e. The molecule has 2 unspecified atom stereocenters. The summed E-state index contributed by atoms with van der Waals surface area (Å²) in [5.74, 6) is -1.03. The van der Waals surface area contributed by atoms with E-state index in [2.05, 4.69) is 10.3 Å². The summed E-state index contributed by atoms with van der Waals surface area (Å²) in [5, 5.41) is 3.29. The van der Waals surface area contributed by atoms with Crippen LogP contribution in [0.5, 0.6) is 0 Å². The van der Waals surface area contributed by atoms with E-state index >= 15 is 0 Å². The lowest BCUT2D eigenvalue weighted by Crippen LogP contribution is -2.34. The Labute approximate surface area is 148 Å². The van der Waals surface area contributed by atoms with Gasteiger partial charge in [0.15, 0.2) is 5.13 Å². The van der Waals surface area contributed by atoms with E-state index in [9.17, 15) is 14.4 Å². The lowest BCUT2D eigenvalue weighted by Gasteiger charge is -2.14. The first-order chi connectivity index (χ1) is 12.1. The molecule has 128 valence electrons. The van der Waals surface area contributed by atoms with E-state index in [1.54, 1.807) is 0 Å². The molecule has 2 aliphatic rings. The molecule has 2 aromatic rings. The van der Waals surface area contributed by atoms with Crippen LogP contribution < -0.4 is 5.32 Å². The maximum Gasteiger partial charge on any atom is 0.233 e. The molecule has 0 bridgehead atoms. The number of allylic oxidation sites excluding steroid dienone is 2. The van der Waals surface area contributed by atoms with Crippen molar-refractivity contribution >= 4 is 44.4 Å². The fourth-order valence-corrected chi connectivity index (χ4v) is 4.29. The molecule has 7 heteroatoms. The van der Waals surface area contributed by atoms with Crippen LogP contribution in [0.1, 0.15) is 19.3 Å². The first-order valence-corrected chi connectivity index (χ1v) is 9.11. The molecule has 1 N–H and O–H groups in total. The van der Waals surface area contributed by atoms with Gasteiger partial charge in [-0.3, -0.25) is 19.3 Å². The zero-order valence-corrected chi connectivity index (χ0v) is 14.3. The molecule has 2 heterocycles. The zero-order chi connectivity index (χ0) is 17.4. The SMILES string of the molecule is O=C(CCN1C(=O)C2CC=CCC2C1=O)Nc1nc2ccccc2s1. The summed E-state index contributed by atoms with van der Waals surface area (Å²) < 4.78 is 0.999. The molecule has 1 aromatic heterocycles. The van der Waals surface area contributed by atoms with Crippen LogP contribution in [0, 0.1) is 11.8 Å². The van der Waals surface area contributed by atoms with Gasteiger partial charge in [-0.1, -0.05) is 35.6 Å². The smallest absolute Gasteiger partial charge is 0.233 e. The molecular formula is C18H17N3O3S. The Morgan fingerprint density at radius 2 is 1.84 bits per heavy atom. The number of hydrogen-bond donors (Lipinski definition) is 1. The van der Waals surface area contributed by atoms with Crippen molar-refractivity contribution in [3.63, 3.8) is 0 Å². The second kappa shape index (κ2) is 6.40. The quantitative estimate of drug-likeness (QED) is 0.675. The Bertz CT molecular complexity index is 830. The number of amides is 3. The Hall–Kier alpha value is -2.54. The number of rotatable bonds is 4. The lowest BCUT2D eigenvalue weighted by molar-refractivity contribution is -0.140. The molecule has 1 aliphatic heterocycles. The first kappa shape index (κ1) is 16.0. The summed E-state index contributed by atoms with van der Waals surface area (Å²) in [6, 6.07) is 7.65. The maximum absolute atomic E-state index is 12.4. The van der Waals surface area contributed by atoms with Crippen LogP contribution in [-0.4, -0.2) is 34.2 Å². The zero-order valence-electron chi connectivity index (χ0n) is 13.5. The number of carbonyl (C=O) groups is 3. The number of nitrogens with zero attached hydrogens (tertiary/aromatic N) is 2. The first-order valence-electron chi connectivity index (χ1n) is 8.29. The highest BCUT2D eigenvalue weighted by atomic mass is 32.1. The predicted octanol–water partition coefficient (Wildman–Crippen LogP) is 2.58. The third-order valence-electron chi connectivity index (χ3n) is 4.70. The number of carbonyl (C=O) groups excluding carboxylic acids is 3. The fraction of sp³-hybridized carbons (Fsp3) is 0.333. The average Bonchev–Trinajstić information content (AvgIpc) is 3.13. The van der Waals surface area contributed by atoms with Crippen molar-refractivity contribution in [3.8, 4) is 0 Å². The van der Waals surface area contributed by atoms with Gasteiger partial charge in [-0.05, 0) is 25.0 Å². The third-order valence-corrected chi connectivity index (χ3v) is 5.65. The maximum atomic E-state index is 12.4. The van der Waals surface area contributed by atoms with Crippen molar-refractivity contribution in [3.05, 3.63) is 36.4 Å². The van der Waals surface area contributed by atoms with E-state index in [0.717, 1.165) is 10.2 Å². The number of hydrogen-bond acceptors (Lipinski definition) is 5. The minimum absolute atomic E-state index is 0.0836. The van der Waals surface area contributed by atoms with E-state index in [0.29, 0.717) is 18.0 Å². The minimum atomic E-state index is -0.246. The molecule has 25 heavy (non-hydrogen) atoms. The molecule has 3 amide bonds. The van der Waals surface area contributed by atoms with Crippen molar-refractivity contribution in [1.82, 2.24) is 9.88 Å². The molecule has 1 aromatic carbocycles. The highest BCUT2D eigenvalue weighted by Crippen LogP contribution is 2.35. The van der Waals surface area contributed by atoms with Gasteiger partial charge in [0.1, 0.15) is 0 Å². The van der Waals surface area contributed by atoms with Gasteiger partial charge in [-0.15, -0.1) is 0 Å². The van der Waals surface area contributed by atoms with Crippen LogP contribution in [0.2, 0.25) is 0 Å². The lowest BCUT2D eigenvalue weighted by atomic mass is 9.85. The molecule has 6 nitrogen and oxygen atoms in total. The van der Waals surface area contributed by atoms with Gasteiger partial charge in [-0.25, -0.2) is 4.98 Å². The fourth-order valence-electron chi connectivity index (χ4n) is 3.41. The second-order valence-electron chi connectivity index (χ2n) is 6.27. The number of imide groups is 1. The van der Waals surface area contributed by atoms with E-state index in [1.165, 1.54) is 16.2 Å². The van der Waals surface area contributed by atoms with Gasteiger partial charge >= 0.3 is 0 Å². The van der Waals surface area contributed by atoms with Gasteiger partial charge in [0, 0.05) is 13.0 Å². The molecule has 1 fully saturated rings. The molecule has 0 radical (unpaired) electrons. The third kappa shape index (κ3) is 2.95. The number of fused-ring (bicyclic) bond motifs is 2.